The first-order valence-corrected chi connectivity index (χ1v) is 6.64. The minimum atomic E-state index is -0.276. The summed E-state index contributed by atoms with van der Waals surface area (Å²) < 4.78 is 0. The molecular formula is C13H18Cl2N2O. The second-order valence-electron chi connectivity index (χ2n) is 4.48. The highest BCUT2D eigenvalue weighted by atomic mass is 35.5. The monoisotopic (exact) mass is 288 g/mol. The van der Waals surface area contributed by atoms with Crippen LogP contribution in [0.15, 0.2) is 18.2 Å². The molecule has 0 saturated carbocycles. The summed E-state index contributed by atoms with van der Waals surface area (Å²) in [5.41, 5.74) is 0.883. The van der Waals surface area contributed by atoms with Gasteiger partial charge in [0, 0.05) is 12.6 Å². The number of carbonyl (C=O) groups excluding carboxylic acids is 1. The minimum absolute atomic E-state index is 0.0249. The minimum Gasteiger partial charge on any atom is -0.353 e. The molecular weight excluding hydrogens is 271 g/mol. The van der Waals surface area contributed by atoms with Gasteiger partial charge >= 0.3 is 0 Å². The lowest BCUT2D eigenvalue weighted by Crippen LogP contribution is -2.44. The van der Waals surface area contributed by atoms with Gasteiger partial charge in [-0.15, -0.1) is 0 Å². The van der Waals surface area contributed by atoms with Gasteiger partial charge in [-0.05, 0) is 32.4 Å². The summed E-state index contributed by atoms with van der Waals surface area (Å²) in [5, 5.41) is 7.02. The molecule has 1 rings (SSSR count). The first-order chi connectivity index (χ1) is 8.41. The first kappa shape index (κ1) is 15.3. The molecule has 0 saturated heterocycles. The molecule has 0 aliphatic rings. The molecule has 0 aliphatic carbocycles. The SMILES string of the molecule is CC(C)NC(=O)C(C)NCc1cccc(Cl)c1Cl. The molecule has 1 amide bonds. The summed E-state index contributed by atoms with van der Waals surface area (Å²) in [7, 11) is 0. The molecule has 0 aliphatic heterocycles. The fourth-order valence-corrected chi connectivity index (χ4v) is 1.84. The van der Waals surface area contributed by atoms with Gasteiger partial charge < -0.3 is 10.6 Å². The Morgan fingerprint density at radius 1 is 1.28 bits per heavy atom. The van der Waals surface area contributed by atoms with Crippen LogP contribution < -0.4 is 10.6 Å². The van der Waals surface area contributed by atoms with E-state index in [0.717, 1.165) is 5.56 Å². The molecule has 0 spiro atoms. The lowest BCUT2D eigenvalue weighted by Gasteiger charge is -2.16. The van der Waals surface area contributed by atoms with Gasteiger partial charge in [-0.2, -0.15) is 0 Å². The number of amides is 1. The van der Waals surface area contributed by atoms with Gasteiger partial charge in [0.2, 0.25) is 5.91 Å². The largest absolute Gasteiger partial charge is 0.353 e. The van der Waals surface area contributed by atoms with E-state index >= 15 is 0 Å². The Balaban J connectivity index is 2.55. The maximum absolute atomic E-state index is 11.7. The van der Waals surface area contributed by atoms with Crippen molar-refractivity contribution in [3.63, 3.8) is 0 Å². The van der Waals surface area contributed by atoms with Crippen molar-refractivity contribution in [1.29, 1.82) is 0 Å². The van der Waals surface area contributed by atoms with E-state index in [1.54, 1.807) is 6.07 Å². The lowest BCUT2D eigenvalue weighted by atomic mass is 10.2. The molecule has 1 aromatic carbocycles. The third kappa shape index (κ3) is 4.48. The summed E-state index contributed by atoms with van der Waals surface area (Å²) in [6.07, 6.45) is 0. The molecule has 3 nitrogen and oxygen atoms in total. The van der Waals surface area contributed by atoms with Crippen LogP contribution in [0.3, 0.4) is 0 Å². The van der Waals surface area contributed by atoms with Gasteiger partial charge in [0.05, 0.1) is 16.1 Å². The molecule has 18 heavy (non-hydrogen) atoms. The van der Waals surface area contributed by atoms with Crippen LogP contribution >= 0.6 is 23.2 Å². The second kappa shape index (κ2) is 6.98. The van der Waals surface area contributed by atoms with Crippen LogP contribution in [0.2, 0.25) is 10.0 Å². The van der Waals surface area contributed by atoms with Crippen LogP contribution in [0.5, 0.6) is 0 Å². The highest BCUT2D eigenvalue weighted by molar-refractivity contribution is 6.42. The number of benzene rings is 1. The quantitative estimate of drug-likeness (QED) is 0.875. The molecule has 0 aromatic heterocycles. The zero-order valence-electron chi connectivity index (χ0n) is 10.8. The molecule has 0 radical (unpaired) electrons. The van der Waals surface area contributed by atoms with Crippen LogP contribution in [0.4, 0.5) is 0 Å². The van der Waals surface area contributed by atoms with Crippen molar-refractivity contribution in [1.82, 2.24) is 10.6 Å². The van der Waals surface area contributed by atoms with Crippen LogP contribution in [0.25, 0.3) is 0 Å². The molecule has 1 atom stereocenters. The van der Waals surface area contributed by atoms with Gasteiger partial charge in [0.25, 0.3) is 0 Å². The molecule has 1 aromatic rings. The van der Waals surface area contributed by atoms with Crippen LogP contribution in [-0.4, -0.2) is 18.0 Å². The van der Waals surface area contributed by atoms with E-state index in [0.29, 0.717) is 16.6 Å². The topological polar surface area (TPSA) is 41.1 Å². The number of rotatable bonds is 5. The van der Waals surface area contributed by atoms with Crippen LogP contribution in [0.1, 0.15) is 26.3 Å². The van der Waals surface area contributed by atoms with E-state index in [4.69, 9.17) is 23.2 Å². The van der Waals surface area contributed by atoms with Crippen LogP contribution in [-0.2, 0) is 11.3 Å². The van der Waals surface area contributed by atoms with Crippen molar-refractivity contribution in [2.24, 2.45) is 0 Å². The summed E-state index contributed by atoms with van der Waals surface area (Å²) in [4.78, 5) is 11.7. The Kier molecular flexibility index (Phi) is 5.93. The Morgan fingerprint density at radius 3 is 2.56 bits per heavy atom. The molecule has 1 unspecified atom stereocenters. The van der Waals surface area contributed by atoms with Gasteiger partial charge in [0.15, 0.2) is 0 Å². The number of hydrogen-bond donors (Lipinski definition) is 2. The molecule has 100 valence electrons. The predicted octanol–water partition coefficient (Wildman–Crippen LogP) is 3.00. The Labute approximate surface area is 118 Å². The fraction of sp³-hybridized carbons (Fsp3) is 0.462. The molecule has 2 N–H and O–H groups in total. The van der Waals surface area contributed by atoms with E-state index in [1.807, 2.05) is 32.9 Å². The smallest absolute Gasteiger partial charge is 0.237 e. The second-order valence-corrected chi connectivity index (χ2v) is 5.26. The highest BCUT2D eigenvalue weighted by Crippen LogP contribution is 2.25. The number of carbonyl (C=O) groups is 1. The number of hydrogen-bond acceptors (Lipinski definition) is 2. The average molecular weight is 289 g/mol. The summed E-state index contributed by atoms with van der Waals surface area (Å²) in [6.45, 7) is 6.18. The Hall–Kier alpha value is -0.770. The maximum atomic E-state index is 11.7. The van der Waals surface area contributed by atoms with Crippen molar-refractivity contribution in [3.05, 3.63) is 33.8 Å². The summed E-state index contributed by atoms with van der Waals surface area (Å²) in [5.74, 6) is -0.0249. The van der Waals surface area contributed by atoms with Gasteiger partial charge in [-0.25, -0.2) is 0 Å². The van der Waals surface area contributed by atoms with E-state index in [-0.39, 0.29) is 18.0 Å². The summed E-state index contributed by atoms with van der Waals surface area (Å²) in [6, 6.07) is 5.32. The molecule has 0 fully saturated rings. The Bertz CT molecular complexity index is 421. The maximum Gasteiger partial charge on any atom is 0.237 e. The van der Waals surface area contributed by atoms with Crippen molar-refractivity contribution in [2.75, 3.05) is 0 Å². The van der Waals surface area contributed by atoms with E-state index in [1.165, 1.54) is 0 Å². The normalized spacial score (nSPS) is 12.6. The molecule has 5 heteroatoms. The van der Waals surface area contributed by atoms with Crippen molar-refractivity contribution in [2.45, 2.75) is 39.4 Å². The third-order valence-corrected chi connectivity index (χ3v) is 3.31. The zero-order valence-corrected chi connectivity index (χ0v) is 12.3. The first-order valence-electron chi connectivity index (χ1n) is 5.88. The summed E-state index contributed by atoms with van der Waals surface area (Å²) >= 11 is 12.0. The fourth-order valence-electron chi connectivity index (χ4n) is 1.45. The van der Waals surface area contributed by atoms with E-state index in [9.17, 15) is 4.79 Å². The predicted molar refractivity (Wildman–Crippen MR) is 76.0 cm³/mol. The van der Waals surface area contributed by atoms with E-state index in [2.05, 4.69) is 10.6 Å². The van der Waals surface area contributed by atoms with E-state index < -0.39 is 0 Å². The van der Waals surface area contributed by atoms with Crippen molar-refractivity contribution >= 4 is 29.1 Å². The lowest BCUT2D eigenvalue weighted by molar-refractivity contribution is -0.123. The van der Waals surface area contributed by atoms with Crippen molar-refractivity contribution in [3.8, 4) is 0 Å². The highest BCUT2D eigenvalue weighted by Gasteiger charge is 2.13. The number of halogens is 2. The average Bonchev–Trinajstić information content (AvgIpc) is 2.29. The van der Waals surface area contributed by atoms with Gasteiger partial charge in [0.1, 0.15) is 0 Å². The Morgan fingerprint density at radius 2 is 1.94 bits per heavy atom. The molecule has 0 bridgehead atoms. The zero-order chi connectivity index (χ0) is 13.7. The van der Waals surface area contributed by atoms with Crippen molar-refractivity contribution < 1.29 is 4.79 Å². The van der Waals surface area contributed by atoms with Gasteiger partial charge in [-0.3, -0.25) is 4.79 Å². The molecule has 0 heterocycles. The van der Waals surface area contributed by atoms with Crippen LogP contribution in [0, 0.1) is 0 Å². The number of nitrogens with one attached hydrogen (secondary N) is 2. The van der Waals surface area contributed by atoms with Gasteiger partial charge in [-0.1, -0.05) is 35.3 Å². The third-order valence-electron chi connectivity index (χ3n) is 2.45. The standard InChI is InChI=1S/C13H18Cl2N2O/c1-8(2)17-13(18)9(3)16-7-10-5-4-6-11(14)12(10)15/h4-6,8-9,16H,7H2,1-3H3,(H,17,18).